The zero-order chi connectivity index (χ0) is 22.0. The second-order valence-corrected chi connectivity index (χ2v) is 6.66. The van der Waals surface area contributed by atoms with Gasteiger partial charge in [0.1, 0.15) is 24.7 Å². The lowest BCUT2D eigenvalue weighted by molar-refractivity contribution is -0.389. The summed E-state index contributed by atoms with van der Waals surface area (Å²) in [7, 11) is 0. The van der Waals surface area contributed by atoms with Gasteiger partial charge in [-0.15, -0.1) is 0 Å². The fraction of sp³-hybridized carbons (Fsp3) is 0.263. The number of imidazole rings is 1. The molecule has 12 heteroatoms. The fourth-order valence-corrected chi connectivity index (χ4v) is 2.86. The summed E-state index contributed by atoms with van der Waals surface area (Å²) in [6.07, 6.45) is -2.75. The fourth-order valence-electron chi connectivity index (χ4n) is 2.86. The average Bonchev–Trinajstić information content (AvgIpc) is 3.17. The van der Waals surface area contributed by atoms with Gasteiger partial charge in [-0.3, -0.25) is 4.57 Å². The van der Waals surface area contributed by atoms with Crippen molar-refractivity contribution in [2.24, 2.45) is 0 Å². The summed E-state index contributed by atoms with van der Waals surface area (Å²) in [5.41, 5.74) is -0.0217. The van der Waals surface area contributed by atoms with Gasteiger partial charge in [-0.05, 0) is 28.7 Å². The molecule has 3 heterocycles. The first-order valence-electron chi connectivity index (χ1n) is 9.04. The van der Waals surface area contributed by atoms with Gasteiger partial charge in [-0.25, -0.2) is 4.98 Å². The monoisotopic (exact) mass is 436 g/mol. The maximum atomic E-state index is 12.6. The summed E-state index contributed by atoms with van der Waals surface area (Å²) in [6, 6.07) is 9.02. The van der Waals surface area contributed by atoms with Crippen LogP contribution >= 0.6 is 0 Å². The Morgan fingerprint density at radius 1 is 1.23 bits per heavy atom. The van der Waals surface area contributed by atoms with Crippen LogP contribution in [0.5, 0.6) is 17.6 Å². The van der Waals surface area contributed by atoms with Crippen LogP contribution < -0.4 is 9.47 Å². The van der Waals surface area contributed by atoms with Crippen molar-refractivity contribution < 1.29 is 32.3 Å². The van der Waals surface area contributed by atoms with E-state index < -0.39 is 16.7 Å². The van der Waals surface area contributed by atoms with Crippen LogP contribution in [0, 0.1) is 10.1 Å². The first kappa shape index (κ1) is 20.6. The molecular weight excluding hydrogens is 421 g/mol. The third-order valence-corrected chi connectivity index (χ3v) is 4.41. The van der Waals surface area contributed by atoms with Crippen molar-refractivity contribution in [3.8, 4) is 17.6 Å². The van der Waals surface area contributed by atoms with Crippen molar-refractivity contribution in [3.63, 3.8) is 0 Å². The average molecular weight is 436 g/mol. The molecule has 1 aliphatic rings. The number of nitro groups is 1. The van der Waals surface area contributed by atoms with E-state index in [9.17, 15) is 23.3 Å². The summed E-state index contributed by atoms with van der Waals surface area (Å²) >= 11 is 0. The van der Waals surface area contributed by atoms with Gasteiger partial charge in [0, 0.05) is 17.2 Å². The molecule has 1 atom stereocenters. The molecule has 0 spiro atoms. The van der Waals surface area contributed by atoms with Gasteiger partial charge < -0.3 is 24.3 Å². The zero-order valence-corrected chi connectivity index (χ0v) is 15.8. The molecule has 0 amide bonds. The number of alkyl halides is 3. The molecule has 2 aromatic heterocycles. The molecule has 0 fully saturated rings. The highest BCUT2D eigenvalue weighted by Gasteiger charge is 2.31. The van der Waals surface area contributed by atoms with Crippen molar-refractivity contribution in [1.29, 1.82) is 0 Å². The van der Waals surface area contributed by atoms with Crippen LogP contribution in [0.4, 0.5) is 19.0 Å². The van der Waals surface area contributed by atoms with Gasteiger partial charge in [0.2, 0.25) is 5.88 Å². The van der Waals surface area contributed by atoms with Crippen LogP contribution in [0.1, 0.15) is 11.1 Å². The third-order valence-electron chi connectivity index (χ3n) is 4.41. The summed E-state index contributed by atoms with van der Waals surface area (Å²) < 4.78 is 55.9. The molecule has 162 valence electrons. The Bertz CT molecular complexity index is 1070. The zero-order valence-electron chi connectivity index (χ0n) is 15.8. The Hall–Kier alpha value is -3.67. The number of rotatable bonds is 6. The molecule has 3 aromatic rings. The smallest absolute Gasteiger partial charge is 0.417 e. The number of nitrogens with zero attached hydrogens (tertiary/aromatic N) is 4. The Morgan fingerprint density at radius 2 is 2.00 bits per heavy atom. The first-order chi connectivity index (χ1) is 14.8. The second kappa shape index (κ2) is 8.22. The number of halogens is 3. The summed E-state index contributed by atoms with van der Waals surface area (Å²) in [6.45, 7) is 0.852. The quantitative estimate of drug-likeness (QED) is 0.426. The minimum absolute atomic E-state index is 0.0431. The lowest BCUT2D eigenvalue weighted by Crippen LogP contribution is -2.32. The van der Waals surface area contributed by atoms with Crippen LogP contribution in [-0.2, 0) is 24.1 Å². The van der Waals surface area contributed by atoms with Gasteiger partial charge in [0.15, 0.2) is 0 Å². The molecule has 0 unspecified atom stereocenters. The molecule has 1 aliphatic heterocycles. The number of fused-ring (bicyclic) bond motifs is 1. The van der Waals surface area contributed by atoms with Crippen molar-refractivity contribution in [1.82, 2.24) is 14.5 Å². The second-order valence-electron chi connectivity index (χ2n) is 6.66. The van der Waals surface area contributed by atoms with E-state index in [1.807, 2.05) is 0 Å². The summed E-state index contributed by atoms with van der Waals surface area (Å²) in [5.74, 6) is 0.169. The third kappa shape index (κ3) is 4.91. The predicted octanol–water partition coefficient (Wildman–Crippen LogP) is 3.98. The van der Waals surface area contributed by atoms with Gasteiger partial charge in [0.25, 0.3) is 0 Å². The molecule has 31 heavy (non-hydrogen) atoms. The maximum Gasteiger partial charge on any atom is 0.417 e. The molecular formula is C19H15F3N4O5. The van der Waals surface area contributed by atoms with Crippen molar-refractivity contribution in [3.05, 3.63) is 70.0 Å². The molecule has 1 aromatic carbocycles. The van der Waals surface area contributed by atoms with E-state index in [0.717, 1.165) is 17.7 Å². The number of hydrogen-bond donors (Lipinski definition) is 0. The van der Waals surface area contributed by atoms with Crippen LogP contribution in [0.15, 0.2) is 48.8 Å². The van der Waals surface area contributed by atoms with Crippen molar-refractivity contribution in [2.45, 2.75) is 25.4 Å². The van der Waals surface area contributed by atoms with E-state index >= 15 is 0 Å². The molecule has 0 radical (unpaired) electrons. The highest BCUT2D eigenvalue weighted by atomic mass is 19.4. The van der Waals surface area contributed by atoms with E-state index in [4.69, 9.17) is 14.2 Å². The highest BCUT2D eigenvalue weighted by Crippen LogP contribution is 2.30. The Morgan fingerprint density at radius 3 is 2.65 bits per heavy atom. The number of pyridine rings is 1. The number of hydrogen-bond acceptors (Lipinski definition) is 7. The standard InChI is InChI=1S/C19H15F3N4O5/c20-19(21,22)13-3-6-17(23-7-13)31-14-4-1-12(2-5-14)10-29-15-8-25-9-16(26(27)28)24-18(25)30-11-15/h1-7,9,15H,8,10-11H2/t15-/m0/s1. The van der Waals surface area contributed by atoms with E-state index in [-0.39, 0.29) is 37.0 Å². The van der Waals surface area contributed by atoms with Gasteiger partial charge >= 0.3 is 18.0 Å². The van der Waals surface area contributed by atoms with Crippen molar-refractivity contribution >= 4 is 5.82 Å². The van der Waals surface area contributed by atoms with E-state index in [1.165, 1.54) is 10.8 Å². The predicted molar refractivity (Wildman–Crippen MR) is 98.7 cm³/mol. The minimum atomic E-state index is -4.45. The van der Waals surface area contributed by atoms with Gasteiger partial charge in [-0.1, -0.05) is 12.1 Å². The van der Waals surface area contributed by atoms with E-state index in [0.29, 0.717) is 18.5 Å². The number of aromatic nitrogens is 3. The van der Waals surface area contributed by atoms with Crippen LogP contribution in [0.25, 0.3) is 0 Å². The van der Waals surface area contributed by atoms with E-state index in [2.05, 4.69) is 9.97 Å². The topological polar surface area (TPSA) is 102 Å². The van der Waals surface area contributed by atoms with Crippen LogP contribution in [0.3, 0.4) is 0 Å². The van der Waals surface area contributed by atoms with Crippen molar-refractivity contribution in [2.75, 3.05) is 6.61 Å². The Labute approximate surface area is 173 Å². The SMILES string of the molecule is O=[N+]([O-])c1cn2c(n1)OC[C@@H](OCc1ccc(Oc3ccc(C(F)(F)F)cn3)cc1)C2. The van der Waals surface area contributed by atoms with Gasteiger partial charge in [-0.2, -0.15) is 13.2 Å². The van der Waals surface area contributed by atoms with Crippen LogP contribution in [-0.4, -0.2) is 32.2 Å². The summed E-state index contributed by atoms with van der Waals surface area (Å²) in [5, 5.41) is 10.8. The molecule has 0 N–H and O–H groups in total. The molecule has 0 saturated heterocycles. The van der Waals surface area contributed by atoms with E-state index in [1.54, 1.807) is 24.3 Å². The first-order valence-corrected chi connectivity index (χ1v) is 9.04. The minimum Gasteiger partial charge on any atom is -0.443 e. The molecule has 0 aliphatic carbocycles. The lowest BCUT2D eigenvalue weighted by atomic mass is 10.2. The maximum absolute atomic E-state index is 12.6. The Kier molecular flexibility index (Phi) is 5.46. The lowest BCUT2D eigenvalue weighted by Gasteiger charge is -2.22. The summed E-state index contributed by atoms with van der Waals surface area (Å²) in [4.78, 5) is 17.6. The molecule has 0 saturated carbocycles. The number of benzene rings is 1. The van der Waals surface area contributed by atoms with Crippen LogP contribution in [0.2, 0.25) is 0 Å². The normalized spacial score (nSPS) is 15.8. The molecule has 0 bridgehead atoms. The largest absolute Gasteiger partial charge is 0.443 e. The number of ether oxygens (including phenoxy) is 3. The molecule has 9 nitrogen and oxygen atoms in total. The van der Waals surface area contributed by atoms with Gasteiger partial charge in [0.05, 0.1) is 18.7 Å². The highest BCUT2D eigenvalue weighted by molar-refractivity contribution is 5.31. The molecule has 4 rings (SSSR count). The Balaban J connectivity index is 1.30.